The zero-order chi connectivity index (χ0) is 25.8. The highest BCUT2D eigenvalue weighted by Crippen LogP contribution is 2.22. The van der Waals surface area contributed by atoms with E-state index in [2.05, 4.69) is 31.3 Å². The van der Waals surface area contributed by atoms with Crippen LogP contribution in [0.15, 0.2) is 84.9 Å². The third-order valence-corrected chi connectivity index (χ3v) is 7.22. The van der Waals surface area contributed by atoms with Crippen LogP contribution < -0.4 is 5.32 Å². The summed E-state index contributed by atoms with van der Waals surface area (Å²) in [5.74, 6) is 1.66. The van der Waals surface area contributed by atoms with Gasteiger partial charge in [0.25, 0.3) is 0 Å². The predicted molar refractivity (Wildman–Crippen MR) is 151 cm³/mol. The molecule has 0 fully saturated rings. The summed E-state index contributed by atoms with van der Waals surface area (Å²) in [6, 6.07) is 27.0. The summed E-state index contributed by atoms with van der Waals surface area (Å²) in [5.41, 5.74) is 3.08. The minimum Gasteiger partial charge on any atom is -0.354 e. The number of benzene rings is 3. The van der Waals surface area contributed by atoms with Gasteiger partial charge in [-0.25, -0.2) is 0 Å². The number of nitrogens with one attached hydrogen (secondary N) is 1. The number of nitrogens with zero attached hydrogens (tertiary/aromatic N) is 1. The van der Waals surface area contributed by atoms with Gasteiger partial charge in [-0.1, -0.05) is 104 Å². The molecule has 0 saturated heterocycles. The lowest BCUT2D eigenvalue weighted by molar-refractivity contribution is -0.141. The van der Waals surface area contributed by atoms with Crippen LogP contribution in [-0.2, 0) is 28.3 Å². The highest BCUT2D eigenvalue weighted by molar-refractivity contribution is 7.98. The maximum Gasteiger partial charge on any atom is 0.243 e. The lowest BCUT2D eigenvalue weighted by Crippen LogP contribution is -2.51. The van der Waals surface area contributed by atoms with Crippen molar-refractivity contribution in [2.45, 2.75) is 45.0 Å². The lowest BCUT2D eigenvalue weighted by atomic mass is 10.0. The molecule has 1 N–H and O–H groups in total. The fourth-order valence-electron chi connectivity index (χ4n) is 3.85. The minimum absolute atomic E-state index is 0.0453. The van der Waals surface area contributed by atoms with E-state index in [4.69, 9.17) is 11.6 Å². The Labute approximate surface area is 224 Å². The highest BCUT2D eigenvalue weighted by atomic mass is 35.5. The van der Waals surface area contributed by atoms with Gasteiger partial charge < -0.3 is 10.2 Å². The molecule has 3 aromatic carbocycles. The number of hydrogen-bond acceptors (Lipinski definition) is 3. The zero-order valence-corrected chi connectivity index (χ0v) is 22.6. The number of thioether (sulfide) groups is 1. The van der Waals surface area contributed by atoms with Crippen LogP contribution in [-0.4, -0.2) is 35.1 Å². The minimum atomic E-state index is -0.631. The van der Waals surface area contributed by atoms with E-state index >= 15 is 0 Å². The van der Waals surface area contributed by atoms with Crippen LogP contribution in [0.2, 0.25) is 5.02 Å². The molecule has 4 nitrogen and oxygen atoms in total. The van der Waals surface area contributed by atoms with Crippen molar-refractivity contribution in [1.82, 2.24) is 10.2 Å². The van der Waals surface area contributed by atoms with Crippen molar-refractivity contribution in [3.05, 3.63) is 107 Å². The summed E-state index contributed by atoms with van der Waals surface area (Å²) < 4.78 is 0. The first-order valence-electron chi connectivity index (χ1n) is 12.4. The van der Waals surface area contributed by atoms with Gasteiger partial charge in [0.05, 0.1) is 0 Å². The van der Waals surface area contributed by atoms with Gasteiger partial charge in [0.1, 0.15) is 6.04 Å². The van der Waals surface area contributed by atoms with Crippen molar-refractivity contribution in [2.75, 3.05) is 12.3 Å². The average molecular weight is 523 g/mol. The van der Waals surface area contributed by atoms with Crippen molar-refractivity contribution in [1.29, 1.82) is 0 Å². The Morgan fingerprint density at radius 3 is 2.14 bits per heavy atom. The summed E-state index contributed by atoms with van der Waals surface area (Å²) >= 11 is 8.20. The Kier molecular flexibility index (Phi) is 11.4. The molecule has 3 aromatic rings. The number of rotatable bonds is 13. The number of carbonyl (C=O) groups excluding carboxylic acids is 2. The van der Waals surface area contributed by atoms with E-state index in [1.165, 1.54) is 5.56 Å². The van der Waals surface area contributed by atoms with Gasteiger partial charge in [-0.15, -0.1) is 0 Å². The van der Waals surface area contributed by atoms with Crippen molar-refractivity contribution >= 4 is 35.2 Å². The van der Waals surface area contributed by atoms with Crippen molar-refractivity contribution in [2.24, 2.45) is 5.92 Å². The molecule has 0 radical (unpaired) electrons. The summed E-state index contributed by atoms with van der Waals surface area (Å²) in [6.07, 6.45) is 0.794. The highest BCUT2D eigenvalue weighted by Gasteiger charge is 2.30. The SMILES string of the molecule is CC(C)CNC(=O)C(Cc1ccccc1)N(Cc1ccccc1Cl)C(=O)CCSCc1ccccc1. The van der Waals surface area contributed by atoms with Crippen LogP contribution in [0.3, 0.4) is 0 Å². The third-order valence-electron chi connectivity index (χ3n) is 5.83. The molecule has 190 valence electrons. The Hall–Kier alpha value is -2.76. The molecule has 2 amide bonds. The first-order chi connectivity index (χ1) is 17.4. The molecule has 0 heterocycles. The van der Waals surface area contributed by atoms with E-state index in [9.17, 15) is 9.59 Å². The quantitative estimate of drug-likeness (QED) is 0.265. The summed E-state index contributed by atoms with van der Waals surface area (Å²) in [5, 5.41) is 3.65. The largest absolute Gasteiger partial charge is 0.354 e. The van der Waals surface area contributed by atoms with Crippen molar-refractivity contribution < 1.29 is 9.59 Å². The van der Waals surface area contributed by atoms with Gasteiger partial charge in [0.2, 0.25) is 11.8 Å². The second-order valence-electron chi connectivity index (χ2n) is 9.25. The predicted octanol–water partition coefficient (Wildman–Crippen LogP) is 6.38. The lowest BCUT2D eigenvalue weighted by Gasteiger charge is -2.32. The van der Waals surface area contributed by atoms with Gasteiger partial charge in [-0.05, 0) is 28.7 Å². The normalized spacial score (nSPS) is 11.8. The molecule has 0 saturated carbocycles. The first kappa shape index (κ1) is 27.8. The Balaban J connectivity index is 1.80. The molecule has 0 bridgehead atoms. The molecule has 3 rings (SSSR count). The second kappa shape index (κ2) is 14.7. The second-order valence-corrected chi connectivity index (χ2v) is 10.8. The molecule has 6 heteroatoms. The standard InChI is InChI=1S/C30H35ClN2O2S/c1-23(2)20-32-30(35)28(19-24-11-5-3-6-12-24)33(21-26-15-9-10-16-27(26)31)29(34)17-18-36-22-25-13-7-4-8-14-25/h3-16,23,28H,17-22H2,1-2H3,(H,32,35). The maximum atomic E-state index is 13.6. The topological polar surface area (TPSA) is 49.4 Å². The van der Waals surface area contributed by atoms with Crippen LogP contribution in [0.1, 0.15) is 37.0 Å². The maximum absolute atomic E-state index is 13.6. The van der Waals surface area contributed by atoms with Crippen molar-refractivity contribution in [3.8, 4) is 0 Å². The van der Waals surface area contributed by atoms with Gasteiger partial charge >= 0.3 is 0 Å². The van der Waals surface area contributed by atoms with E-state index in [-0.39, 0.29) is 18.4 Å². The summed E-state index contributed by atoms with van der Waals surface area (Å²) in [4.78, 5) is 28.8. The molecule has 0 aliphatic rings. The van der Waals surface area contributed by atoms with Crippen LogP contribution in [0, 0.1) is 5.92 Å². The fourth-order valence-corrected chi connectivity index (χ4v) is 4.94. The summed E-state index contributed by atoms with van der Waals surface area (Å²) in [6.45, 7) is 4.96. The molecular formula is C30H35ClN2O2S. The van der Waals surface area contributed by atoms with Crippen LogP contribution in [0.25, 0.3) is 0 Å². The number of hydrogen-bond donors (Lipinski definition) is 1. The first-order valence-corrected chi connectivity index (χ1v) is 13.9. The number of halogens is 1. The molecular weight excluding hydrogens is 488 g/mol. The van der Waals surface area contributed by atoms with Gasteiger partial charge in [0.15, 0.2) is 0 Å². The van der Waals surface area contributed by atoms with Gasteiger partial charge in [-0.2, -0.15) is 11.8 Å². The van der Waals surface area contributed by atoms with E-state index in [1.807, 2.05) is 72.8 Å². The van der Waals surface area contributed by atoms with Crippen LogP contribution in [0.5, 0.6) is 0 Å². The fraction of sp³-hybridized carbons (Fsp3) is 0.333. The van der Waals surface area contributed by atoms with Crippen LogP contribution in [0.4, 0.5) is 0 Å². The monoisotopic (exact) mass is 522 g/mol. The molecule has 0 aromatic heterocycles. The number of amides is 2. The van der Waals surface area contributed by atoms with Gasteiger partial charge in [0, 0.05) is 42.5 Å². The smallest absolute Gasteiger partial charge is 0.243 e. The average Bonchev–Trinajstić information content (AvgIpc) is 2.89. The third kappa shape index (κ3) is 9.03. The van der Waals surface area contributed by atoms with E-state index in [0.29, 0.717) is 36.1 Å². The zero-order valence-electron chi connectivity index (χ0n) is 21.0. The van der Waals surface area contributed by atoms with E-state index in [0.717, 1.165) is 16.9 Å². The van der Waals surface area contributed by atoms with E-state index in [1.54, 1.807) is 16.7 Å². The Morgan fingerprint density at radius 2 is 1.50 bits per heavy atom. The molecule has 1 unspecified atom stereocenters. The summed E-state index contributed by atoms with van der Waals surface area (Å²) in [7, 11) is 0. The number of carbonyl (C=O) groups is 2. The van der Waals surface area contributed by atoms with Crippen LogP contribution >= 0.6 is 23.4 Å². The molecule has 0 aliphatic carbocycles. The van der Waals surface area contributed by atoms with Crippen molar-refractivity contribution in [3.63, 3.8) is 0 Å². The molecule has 36 heavy (non-hydrogen) atoms. The molecule has 0 aliphatic heterocycles. The Morgan fingerprint density at radius 1 is 0.889 bits per heavy atom. The van der Waals surface area contributed by atoms with Gasteiger partial charge in [-0.3, -0.25) is 9.59 Å². The Bertz CT molecular complexity index is 1090. The molecule has 0 spiro atoms. The molecule has 1 atom stereocenters. The van der Waals surface area contributed by atoms with E-state index < -0.39 is 6.04 Å².